The Labute approximate surface area is 180 Å². The number of nitrogens with zero attached hydrogens (tertiary/aromatic N) is 3. The second-order valence-corrected chi connectivity index (χ2v) is 7.88. The summed E-state index contributed by atoms with van der Waals surface area (Å²) in [5.74, 6) is -0.207. The number of hydrogen-bond donors (Lipinski definition) is 2. The molecule has 8 nitrogen and oxygen atoms in total. The molecule has 4 rings (SSSR count). The summed E-state index contributed by atoms with van der Waals surface area (Å²) < 4.78 is 1.80. The van der Waals surface area contributed by atoms with Crippen LogP contribution in [0.15, 0.2) is 47.4 Å². The van der Waals surface area contributed by atoms with Gasteiger partial charge in [0.15, 0.2) is 0 Å². The van der Waals surface area contributed by atoms with Crippen LogP contribution in [-0.4, -0.2) is 51.9 Å². The molecule has 0 saturated carbocycles. The van der Waals surface area contributed by atoms with Crippen molar-refractivity contribution in [1.82, 2.24) is 19.8 Å². The first-order valence-corrected chi connectivity index (χ1v) is 9.90. The number of carbonyl (C=O) groups excluding carboxylic acids is 2. The van der Waals surface area contributed by atoms with Crippen LogP contribution in [0.2, 0.25) is 0 Å². The molecule has 0 aliphatic carbocycles. The van der Waals surface area contributed by atoms with Crippen LogP contribution in [-0.2, 0) is 4.79 Å². The summed E-state index contributed by atoms with van der Waals surface area (Å²) in [4.78, 5) is 43.6. The SMILES string of the molecule is C[C@@H](N)C(=O)N1C[C@H]2C[C@@H](C1)[C@H](CNC(=O)c1ccccn1)n1c2cccc1=O.Cl. The first-order chi connectivity index (χ1) is 14.0. The Hall–Kier alpha value is -2.71. The van der Waals surface area contributed by atoms with Crippen molar-refractivity contribution in [3.63, 3.8) is 0 Å². The van der Waals surface area contributed by atoms with Crippen molar-refractivity contribution in [1.29, 1.82) is 0 Å². The van der Waals surface area contributed by atoms with E-state index in [1.54, 1.807) is 52.9 Å². The number of piperidine rings is 1. The van der Waals surface area contributed by atoms with Gasteiger partial charge in [0.05, 0.1) is 12.1 Å². The lowest BCUT2D eigenvalue weighted by atomic mass is 9.78. The summed E-state index contributed by atoms with van der Waals surface area (Å²) in [5.41, 5.74) is 6.98. The normalized spacial score (nSPS) is 23.0. The molecule has 3 N–H and O–H groups in total. The van der Waals surface area contributed by atoms with Crippen molar-refractivity contribution in [3.05, 3.63) is 64.3 Å². The van der Waals surface area contributed by atoms with Gasteiger partial charge in [-0.2, -0.15) is 0 Å². The third kappa shape index (κ3) is 4.11. The quantitative estimate of drug-likeness (QED) is 0.748. The largest absolute Gasteiger partial charge is 0.349 e. The Morgan fingerprint density at radius 1 is 1.23 bits per heavy atom. The summed E-state index contributed by atoms with van der Waals surface area (Å²) in [7, 11) is 0. The van der Waals surface area contributed by atoms with Crippen molar-refractivity contribution in [2.45, 2.75) is 31.3 Å². The van der Waals surface area contributed by atoms with Crippen molar-refractivity contribution < 1.29 is 9.59 Å². The number of likely N-dealkylation sites (tertiary alicyclic amines) is 1. The molecule has 0 spiro atoms. The molecule has 2 bridgehead atoms. The van der Waals surface area contributed by atoms with E-state index >= 15 is 0 Å². The Kier molecular flexibility index (Phi) is 6.58. The maximum atomic E-state index is 12.7. The van der Waals surface area contributed by atoms with Crippen LogP contribution >= 0.6 is 12.4 Å². The van der Waals surface area contributed by atoms with Gasteiger partial charge in [0.2, 0.25) is 5.91 Å². The van der Waals surface area contributed by atoms with Crippen LogP contribution in [0.4, 0.5) is 0 Å². The van der Waals surface area contributed by atoms with E-state index in [9.17, 15) is 14.4 Å². The minimum Gasteiger partial charge on any atom is -0.349 e. The van der Waals surface area contributed by atoms with E-state index in [0.717, 1.165) is 12.1 Å². The van der Waals surface area contributed by atoms with Gasteiger partial charge in [-0.3, -0.25) is 19.4 Å². The van der Waals surface area contributed by atoms with Gasteiger partial charge in [-0.05, 0) is 37.5 Å². The third-order valence-corrected chi connectivity index (χ3v) is 5.87. The van der Waals surface area contributed by atoms with Gasteiger partial charge < -0.3 is 20.5 Å². The molecule has 4 atom stereocenters. The van der Waals surface area contributed by atoms with Crippen molar-refractivity contribution in [2.24, 2.45) is 11.7 Å². The Morgan fingerprint density at radius 2 is 2.03 bits per heavy atom. The lowest BCUT2D eigenvalue weighted by Crippen LogP contribution is -2.55. The van der Waals surface area contributed by atoms with Crippen LogP contribution < -0.4 is 16.6 Å². The van der Waals surface area contributed by atoms with E-state index in [1.807, 2.05) is 6.07 Å². The molecular weight excluding hydrogens is 406 g/mol. The highest BCUT2D eigenvalue weighted by Gasteiger charge is 2.42. The summed E-state index contributed by atoms with van der Waals surface area (Å²) in [6, 6.07) is 9.60. The number of carbonyl (C=O) groups is 2. The second-order valence-electron chi connectivity index (χ2n) is 7.88. The average Bonchev–Trinajstić information content (AvgIpc) is 2.73. The minimum absolute atomic E-state index is 0. The van der Waals surface area contributed by atoms with E-state index < -0.39 is 6.04 Å². The molecule has 30 heavy (non-hydrogen) atoms. The Balaban J connectivity index is 0.00000256. The van der Waals surface area contributed by atoms with Crippen LogP contribution in [0.25, 0.3) is 0 Å². The predicted octanol–water partition coefficient (Wildman–Crippen LogP) is 0.929. The highest BCUT2D eigenvalue weighted by Crippen LogP contribution is 2.40. The predicted molar refractivity (Wildman–Crippen MR) is 115 cm³/mol. The van der Waals surface area contributed by atoms with Crippen LogP contribution in [0.1, 0.15) is 41.5 Å². The molecule has 2 aromatic rings. The number of rotatable bonds is 4. The summed E-state index contributed by atoms with van der Waals surface area (Å²) in [6.45, 7) is 3.08. The fourth-order valence-corrected chi connectivity index (χ4v) is 4.56. The second kappa shape index (κ2) is 8.97. The molecule has 1 saturated heterocycles. The van der Waals surface area contributed by atoms with Crippen molar-refractivity contribution in [3.8, 4) is 0 Å². The van der Waals surface area contributed by atoms with Gasteiger partial charge in [-0.1, -0.05) is 12.1 Å². The first-order valence-electron chi connectivity index (χ1n) is 9.90. The molecule has 2 amide bonds. The number of nitrogens with one attached hydrogen (secondary N) is 1. The van der Waals surface area contributed by atoms with Gasteiger partial charge in [0, 0.05) is 43.5 Å². The monoisotopic (exact) mass is 431 g/mol. The summed E-state index contributed by atoms with van der Waals surface area (Å²) in [5, 5.41) is 2.92. The van der Waals surface area contributed by atoms with Crippen LogP contribution in [0, 0.1) is 5.92 Å². The minimum atomic E-state index is -0.561. The van der Waals surface area contributed by atoms with Gasteiger partial charge in [-0.15, -0.1) is 12.4 Å². The molecule has 2 aromatic heterocycles. The summed E-state index contributed by atoms with van der Waals surface area (Å²) >= 11 is 0. The van der Waals surface area contributed by atoms with Gasteiger partial charge in [0.25, 0.3) is 11.5 Å². The third-order valence-electron chi connectivity index (χ3n) is 5.87. The fraction of sp³-hybridized carbons (Fsp3) is 0.429. The highest BCUT2D eigenvalue weighted by molar-refractivity contribution is 5.92. The summed E-state index contributed by atoms with van der Waals surface area (Å²) in [6.07, 6.45) is 2.44. The lowest BCUT2D eigenvalue weighted by Gasteiger charge is -2.47. The molecule has 9 heteroatoms. The highest BCUT2D eigenvalue weighted by atomic mass is 35.5. The molecule has 160 valence electrons. The molecule has 2 aliphatic rings. The standard InChI is InChI=1S/C21H25N5O3.ClH/c1-13(22)21(29)25-11-14-9-15(12-25)18(26-17(14)6-4-7-19(26)27)10-24-20(28)16-5-2-3-8-23-16;/h2-8,13-15,18H,9-12,22H2,1H3,(H,24,28);1H/t13-,14-,15+,18+;/m1./s1. The Morgan fingerprint density at radius 3 is 2.73 bits per heavy atom. The van der Waals surface area contributed by atoms with Crippen molar-refractivity contribution in [2.75, 3.05) is 19.6 Å². The average molecular weight is 432 g/mol. The first kappa shape index (κ1) is 22.0. The topological polar surface area (TPSA) is 110 Å². The molecule has 0 aromatic carbocycles. The number of halogens is 1. The Bertz CT molecular complexity index is 978. The number of aromatic nitrogens is 2. The number of nitrogens with two attached hydrogens (primary N) is 1. The molecular formula is C21H26ClN5O3. The maximum absolute atomic E-state index is 12.7. The molecule has 1 fully saturated rings. The smallest absolute Gasteiger partial charge is 0.269 e. The number of amides is 2. The van der Waals surface area contributed by atoms with Crippen LogP contribution in [0.5, 0.6) is 0 Å². The van der Waals surface area contributed by atoms with E-state index in [4.69, 9.17) is 5.73 Å². The number of pyridine rings is 2. The lowest BCUT2D eigenvalue weighted by molar-refractivity contribution is -0.135. The zero-order chi connectivity index (χ0) is 20.5. The van der Waals surface area contributed by atoms with Gasteiger partial charge >= 0.3 is 0 Å². The fourth-order valence-electron chi connectivity index (χ4n) is 4.56. The zero-order valence-corrected chi connectivity index (χ0v) is 17.5. The van der Waals surface area contributed by atoms with E-state index in [1.165, 1.54) is 0 Å². The molecule has 0 radical (unpaired) electrons. The van der Waals surface area contributed by atoms with E-state index in [-0.39, 0.29) is 47.7 Å². The zero-order valence-electron chi connectivity index (χ0n) is 16.7. The molecule has 4 heterocycles. The van der Waals surface area contributed by atoms with Gasteiger partial charge in [-0.25, -0.2) is 0 Å². The van der Waals surface area contributed by atoms with E-state index in [2.05, 4.69) is 10.3 Å². The maximum Gasteiger partial charge on any atom is 0.269 e. The number of fused-ring (bicyclic) bond motifs is 4. The molecule has 2 aliphatic heterocycles. The van der Waals surface area contributed by atoms with Crippen molar-refractivity contribution >= 4 is 24.2 Å². The molecule has 0 unspecified atom stereocenters. The van der Waals surface area contributed by atoms with Gasteiger partial charge in [0.1, 0.15) is 5.69 Å². The van der Waals surface area contributed by atoms with E-state index in [0.29, 0.717) is 25.3 Å². The number of hydrogen-bond acceptors (Lipinski definition) is 5. The van der Waals surface area contributed by atoms with Crippen LogP contribution in [0.3, 0.4) is 0 Å².